The molecule has 0 bridgehead atoms. The lowest BCUT2D eigenvalue weighted by Gasteiger charge is -2.28. The number of nitrogens with one attached hydrogen (secondary N) is 2. The van der Waals surface area contributed by atoms with Crippen molar-refractivity contribution in [3.63, 3.8) is 0 Å². The first-order chi connectivity index (χ1) is 21.4. The number of hydrogen-bond acceptors (Lipinski definition) is 8. The van der Waals surface area contributed by atoms with Crippen molar-refractivity contribution in [2.75, 3.05) is 6.61 Å². The number of ether oxygens (including phenoxy) is 1. The Bertz CT molecular complexity index is 1750. The molecule has 0 radical (unpaired) electrons. The third-order valence-corrected chi connectivity index (χ3v) is 7.98. The Morgan fingerprint density at radius 3 is 2.64 bits per heavy atom. The Morgan fingerprint density at radius 1 is 1.22 bits per heavy atom. The minimum Gasteiger partial charge on any atom is -0.447 e. The van der Waals surface area contributed by atoms with Crippen molar-refractivity contribution in [3.8, 4) is 22.5 Å². The number of aromatic amines is 1. The zero-order valence-corrected chi connectivity index (χ0v) is 24.5. The molecular weight excluding hydrogens is 615 g/mol. The number of nitrogens with two attached hydrogens (primary N) is 1. The van der Waals surface area contributed by atoms with Crippen LogP contribution in [0.25, 0.3) is 22.5 Å². The maximum Gasteiger partial charge on any atom is 0.408 e. The number of aliphatic imine (C=N–C) groups is 1. The molecule has 2 aromatic carbocycles. The molecule has 6 rings (SSSR count). The molecule has 3 heterocycles. The molecule has 1 fully saturated rings. The van der Waals surface area contributed by atoms with Gasteiger partial charge in [-0.2, -0.15) is 23.4 Å². The van der Waals surface area contributed by atoms with Crippen LogP contribution in [0.15, 0.2) is 66.2 Å². The zero-order valence-electron chi connectivity index (χ0n) is 23.8. The lowest BCUT2D eigenvalue weighted by molar-refractivity contribution is -0.142. The number of halogens is 4. The molecule has 1 unspecified atom stereocenters. The first-order valence-corrected chi connectivity index (χ1v) is 14.2. The number of rotatable bonds is 9. The Hall–Kier alpha value is -4.92. The van der Waals surface area contributed by atoms with Gasteiger partial charge in [-0.05, 0) is 48.6 Å². The van der Waals surface area contributed by atoms with Gasteiger partial charge in [0.15, 0.2) is 17.8 Å². The molecular formula is C29H27ClF3N9O3. The lowest BCUT2D eigenvalue weighted by Crippen LogP contribution is -2.44. The van der Waals surface area contributed by atoms with E-state index >= 15 is 0 Å². The van der Waals surface area contributed by atoms with Gasteiger partial charge in [-0.25, -0.2) is 14.8 Å². The van der Waals surface area contributed by atoms with Crippen LogP contribution < -0.4 is 11.1 Å². The number of amides is 2. The summed E-state index contributed by atoms with van der Waals surface area (Å²) in [5, 5.41) is 13.6. The van der Waals surface area contributed by atoms with Crippen LogP contribution in [0.2, 0.25) is 5.02 Å². The van der Waals surface area contributed by atoms with Gasteiger partial charge in [0.1, 0.15) is 19.5 Å². The predicted molar refractivity (Wildman–Crippen MR) is 157 cm³/mol. The Morgan fingerprint density at radius 2 is 1.98 bits per heavy atom. The number of hydrogen-bond donors (Lipinski definition) is 3. The van der Waals surface area contributed by atoms with E-state index in [4.69, 9.17) is 22.1 Å². The van der Waals surface area contributed by atoms with Crippen LogP contribution in [0.4, 0.5) is 18.0 Å². The van der Waals surface area contributed by atoms with Crippen molar-refractivity contribution in [3.05, 3.63) is 77.3 Å². The van der Waals surface area contributed by atoms with E-state index in [0.717, 1.165) is 17.5 Å². The number of carbonyl (C=O) groups excluding carboxylic acids is 2. The maximum absolute atomic E-state index is 13.9. The zero-order chi connectivity index (χ0) is 31.9. The summed E-state index contributed by atoms with van der Waals surface area (Å²) in [5.41, 5.74) is 8.68. The molecule has 1 aliphatic heterocycles. The average Bonchev–Trinajstić information content (AvgIpc) is 3.36. The summed E-state index contributed by atoms with van der Waals surface area (Å²) < 4.78 is 44.6. The van der Waals surface area contributed by atoms with Crippen molar-refractivity contribution >= 4 is 29.6 Å². The summed E-state index contributed by atoms with van der Waals surface area (Å²) in [6.07, 6.45) is 0.616. The lowest BCUT2D eigenvalue weighted by atomic mass is 10.00. The molecule has 2 amide bonds. The molecule has 234 valence electrons. The fraction of sp³-hybridized carbons (Fsp3) is 0.310. The summed E-state index contributed by atoms with van der Waals surface area (Å²) in [5.74, 6) is -0.142. The van der Waals surface area contributed by atoms with E-state index < -0.39 is 36.8 Å². The SMILES string of the molecule is CC1(NC(=O)OCC(c2ccc(Cl)c(-c3ncn[nH]3)c2)N2C(=O)[C@@H](c3ccc(-c4cnn(CC(F)(F)F)c4)cc3)N=C2N)CC1. The van der Waals surface area contributed by atoms with Crippen LogP contribution in [0.3, 0.4) is 0 Å². The monoisotopic (exact) mass is 641 g/mol. The van der Waals surface area contributed by atoms with Crippen molar-refractivity contribution in [1.29, 1.82) is 0 Å². The topological polar surface area (TPSA) is 156 Å². The number of H-pyrrole nitrogens is 1. The second kappa shape index (κ2) is 11.5. The second-order valence-corrected chi connectivity index (χ2v) is 11.5. The standard InChI is InChI=1S/C29H27ClF3N9O3/c1-28(8-9-28)39-27(44)45-13-22(18-6-7-21(30)20(10-18)24-35-15-36-40-24)42-25(43)23(38-26(42)34)17-4-2-16(3-5-17)19-11-37-41(12-19)14-29(31,32)33/h2-7,10-12,15,22-23H,8-9,13-14H2,1H3,(H2,34,38)(H,39,44)(H,35,36,40)/t22?,23-/m1/s1. The van der Waals surface area contributed by atoms with Gasteiger partial charge in [0, 0.05) is 22.9 Å². The predicted octanol–water partition coefficient (Wildman–Crippen LogP) is 4.77. The number of carbonyl (C=O) groups is 2. The number of aromatic nitrogens is 5. The van der Waals surface area contributed by atoms with Gasteiger partial charge in [-0.3, -0.25) is 19.5 Å². The van der Waals surface area contributed by atoms with Gasteiger partial charge < -0.3 is 15.8 Å². The minimum absolute atomic E-state index is 0.0816. The average molecular weight is 642 g/mol. The number of alkyl halides is 3. The van der Waals surface area contributed by atoms with E-state index in [-0.39, 0.29) is 18.1 Å². The molecule has 1 saturated carbocycles. The fourth-order valence-electron chi connectivity index (χ4n) is 5.00. The molecule has 0 spiro atoms. The van der Waals surface area contributed by atoms with E-state index in [1.54, 1.807) is 42.5 Å². The van der Waals surface area contributed by atoms with Crippen LogP contribution in [-0.4, -0.2) is 66.1 Å². The van der Waals surface area contributed by atoms with Gasteiger partial charge in [-0.15, -0.1) is 0 Å². The summed E-state index contributed by atoms with van der Waals surface area (Å²) in [7, 11) is 0. The molecule has 4 aromatic rings. The van der Waals surface area contributed by atoms with Gasteiger partial charge in [-0.1, -0.05) is 41.9 Å². The van der Waals surface area contributed by atoms with Crippen LogP contribution in [0.1, 0.15) is 43.0 Å². The van der Waals surface area contributed by atoms with E-state index in [9.17, 15) is 22.8 Å². The first kappa shape index (κ1) is 30.1. The molecule has 2 atom stereocenters. The van der Waals surface area contributed by atoms with Gasteiger partial charge in [0.2, 0.25) is 0 Å². The smallest absolute Gasteiger partial charge is 0.408 e. The minimum atomic E-state index is -4.40. The molecule has 2 aliphatic rings. The molecule has 12 nitrogen and oxygen atoms in total. The van der Waals surface area contributed by atoms with E-state index in [1.807, 2.05) is 6.92 Å². The van der Waals surface area contributed by atoms with Crippen LogP contribution in [0, 0.1) is 0 Å². The Labute approximate surface area is 259 Å². The molecule has 16 heteroatoms. The summed E-state index contributed by atoms with van der Waals surface area (Å²) >= 11 is 6.44. The second-order valence-electron chi connectivity index (χ2n) is 11.1. The molecule has 0 saturated heterocycles. The number of nitrogens with zero attached hydrogens (tertiary/aromatic N) is 6. The van der Waals surface area contributed by atoms with E-state index in [0.29, 0.717) is 38.7 Å². The normalized spacial score (nSPS) is 18.1. The number of benzene rings is 2. The van der Waals surface area contributed by atoms with E-state index in [1.165, 1.54) is 23.6 Å². The summed E-state index contributed by atoms with van der Waals surface area (Å²) in [6, 6.07) is 9.79. The highest BCUT2D eigenvalue weighted by atomic mass is 35.5. The van der Waals surface area contributed by atoms with Crippen molar-refractivity contribution in [1.82, 2.24) is 35.2 Å². The van der Waals surface area contributed by atoms with Crippen LogP contribution in [0.5, 0.6) is 0 Å². The highest BCUT2D eigenvalue weighted by molar-refractivity contribution is 6.33. The van der Waals surface area contributed by atoms with Gasteiger partial charge in [0.25, 0.3) is 5.91 Å². The maximum atomic E-state index is 13.9. The van der Waals surface area contributed by atoms with Crippen molar-refractivity contribution < 1.29 is 27.5 Å². The van der Waals surface area contributed by atoms with Gasteiger partial charge in [0.05, 0.1) is 17.3 Å². The highest BCUT2D eigenvalue weighted by Crippen LogP contribution is 2.37. The largest absolute Gasteiger partial charge is 0.447 e. The summed E-state index contributed by atoms with van der Waals surface area (Å²) in [6.45, 7) is 0.466. The molecule has 45 heavy (non-hydrogen) atoms. The molecule has 2 aromatic heterocycles. The number of guanidine groups is 1. The third-order valence-electron chi connectivity index (χ3n) is 7.65. The summed E-state index contributed by atoms with van der Waals surface area (Å²) in [4.78, 5) is 36.4. The van der Waals surface area contributed by atoms with Crippen LogP contribution >= 0.6 is 11.6 Å². The highest BCUT2D eigenvalue weighted by Gasteiger charge is 2.42. The fourth-order valence-corrected chi connectivity index (χ4v) is 5.21. The number of alkyl carbamates (subject to hydrolysis) is 1. The Kier molecular flexibility index (Phi) is 7.72. The van der Waals surface area contributed by atoms with E-state index in [2.05, 4.69) is 30.6 Å². The first-order valence-electron chi connectivity index (χ1n) is 13.9. The Balaban J connectivity index is 1.25. The molecule has 1 aliphatic carbocycles. The van der Waals surface area contributed by atoms with Gasteiger partial charge >= 0.3 is 12.3 Å². The van der Waals surface area contributed by atoms with Crippen LogP contribution in [-0.2, 0) is 16.1 Å². The quantitative estimate of drug-likeness (QED) is 0.238. The van der Waals surface area contributed by atoms with Crippen molar-refractivity contribution in [2.45, 2.75) is 50.1 Å². The van der Waals surface area contributed by atoms with Crippen molar-refractivity contribution in [2.24, 2.45) is 10.7 Å². The molecule has 4 N–H and O–H groups in total. The third kappa shape index (κ3) is 6.62.